The van der Waals surface area contributed by atoms with Gasteiger partial charge in [-0.25, -0.2) is 0 Å². The monoisotopic (exact) mass is 155 g/mol. The zero-order valence-electron chi connectivity index (χ0n) is 7.16. The van der Waals surface area contributed by atoms with Crippen LogP contribution in [0.15, 0.2) is 0 Å². The van der Waals surface area contributed by atoms with Gasteiger partial charge in [0.15, 0.2) is 6.19 Å². The Labute approximate surface area is 67.0 Å². The van der Waals surface area contributed by atoms with Gasteiger partial charge in [-0.15, -0.1) is 0 Å². The van der Waals surface area contributed by atoms with Crippen molar-refractivity contribution < 1.29 is 4.79 Å². The van der Waals surface area contributed by atoms with Crippen LogP contribution in [0.25, 0.3) is 0 Å². The average molecular weight is 155 g/mol. The van der Waals surface area contributed by atoms with Crippen molar-refractivity contribution in [1.29, 1.82) is 5.26 Å². The molecule has 0 aromatic rings. The van der Waals surface area contributed by atoms with Crippen LogP contribution in [0.5, 0.6) is 0 Å². The lowest BCUT2D eigenvalue weighted by Crippen LogP contribution is -2.33. The van der Waals surface area contributed by atoms with E-state index in [0.29, 0.717) is 6.54 Å². The van der Waals surface area contributed by atoms with E-state index in [9.17, 15) is 4.79 Å². The maximum absolute atomic E-state index is 11.0. The first-order chi connectivity index (χ1) is 5.11. The van der Waals surface area contributed by atoms with Gasteiger partial charge >= 0.3 is 0 Å². The number of carbonyl (C=O) groups is 1. The molecular formula is C7H13N3O. The molecule has 0 rings (SSSR count). The zero-order valence-corrected chi connectivity index (χ0v) is 7.16. The molecule has 4 nitrogen and oxygen atoms in total. The number of likely N-dealkylation sites (N-methyl/N-ethyl adjacent to an activating group) is 2. The molecule has 0 unspecified atom stereocenters. The third-order valence-corrected chi connectivity index (χ3v) is 1.35. The van der Waals surface area contributed by atoms with Crippen molar-refractivity contribution >= 4 is 5.91 Å². The van der Waals surface area contributed by atoms with Crippen LogP contribution in [-0.2, 0) is 4.79 Å². The summed E-state index contributed by atoms with van der Waals surface area (Å²) < 4.78 is 0. The van der Waals surface area contributed by atoms with Crippen molar-refractivity contribution in [1.82, 2.24) is 9.80 Å². The number of carbonyl (C=O) groups excluding carboxylic acids is 1. The summed E-state index contributed by atoms with van der Waals surface area (Å²) in [6, 6.07) is 0. The SMILES string of the molecule is CCN(C#N)CC(=O)N(C)C. The lowest BCUT2D eigenvalue weighted by atomic mass is 10.5. The van der Waals surface area contributed by atoms with Crippen LogP contribution >= 0.6 is 0 Å². The van der Waals surface area contributed by atoms with Crippen molar-refractivity contribution in [2.75, 3.05) is 27.2 Å². The molecule has 62 valence electrons. The van der Waals surface area contributed by atoms with Crippen LogP contribution in [0.4, 0.5) is 0 Å². The van der Waals surface area contributed by atoms with Gasteiger partial charge in [0.05, 0.1) is 0 Å². The third kappa shape index (κ3) is 3.46. The minimum atomic E-state index is -0.0478. The fourth-order valence-corrected chi connectivity index (χ4v) is 0.523. The predicted octanol–water partition coefficient (Wildman–Crippen LogP) is -0.122. The molecule has 0 fully saturated rings. The quantitative estimate of drug-likeness (QED) is 0.421. The molecule has 0 bridgehead atoms. The van der Waals surface area contributed by atoms with Gasteiger partial charge in [0.25, 0.3) is 0 Å². The number of hydrogen-bond donors (Lipinski definition) is 0. The van der Waals surface area contributed by atoms with Crippen LogP contribution in [0.1, 0.15) is 6.92 Å². The number of rotatable bonds is 3. The van der Waals surface area contributed by atoms with E-state index in [4.69, 9.17) is 5.26 Å². The smallest absolute Gasteiger partial charge is 0.242 e. The van der Waals surface area contributed by atoms with E-state index in [1.54, 1.807) is 14.1 Å². The van der Waals surface area contributed by atoms with Crippen molar-refractivity contribution in [3.8, 4) is 6.19 Å². The van der Waals surface area contributed by atoms with Crippen LogP contribution in [0, 0.1) is 11.5 Å². The van der Waals surface area contributed by atoms with Gasteiger partial charge in [0.2, 0.25) is 5.91 Å². The molecule has 0 aliphatic carbocycles. The van der Waals surface area contributed by atoms with Crippen molar-refractivity contribution in [2.45, 2.75) is 6.92 Å². The highest BCUT2D eigenvalue weighted by atomic mass is 16.2. The maximum Gasteiger partial charge on any atom is 0.242 e. The first-order valence-electron chi connectivity index (χ1n) is 3.46. The molecule has 0 radical (unpaired) electrons. The molecule has 0 heterocycles. The van der Waals surface area contributed by atoms with Crippen molar-refractivity contribution in [2.24, 2.45) is 0 Å². The standard InChI is InChI=1S/C7H13N3O/c1-4-10(6-8)5-7(11)9(2)3/h4-5H2,1-3H3. The Morgan fingerprint density at radius 3 is 2.36 bits per heavy atom. The second-order valence-electron chi connectivity index (χ2n) is 2.40. The van der Waals surface area contributed by atoms with E-state index < -0.39 is 0 Å². The lowest BCUT2D eigenvalue weighted by molar-refractivity contribution is -0.129. The molecular weight excluding hydrogens is 142 g/mol. The molecule has 0 aromatic heterocycles. The first-order valence-corrected chi connectivity index (χ1v) is 3.46. The van der Waals surface area contributed by atoms with Gasteiger partial charge in [-0.1, -0.05) is 0 Å². The largest absolute Gasteiger partial charge is 0.347 e. The highest BCUT2D eigenvalue weighted by molar-refractivity contribution is 5.77. The second-order valence-corrected chi connectivity index (χ2v) is 2.40. The average Bonchev–Trinajstić information content (AvgIpc) is 1.99. The van der Waals surface area contributed by atoms with Gasteiger partial charge in [-0.3, -0.25) is 4.79 Å². The Bertz CT molecular complexity index is 171. The lowest BCUT2D eigenvalue weighted by Gasteiger charge is -2.15. The molecule has 0 saturated heterocycles. The normalized spacial score (nSPS) is 8.55. The summed E-state index contributed by atoms with van der Waals surface area (Å²) in [5, 5.41) is 8.46. The molecule has 0 saturated carbocycles. The highest BCUT2D eigenvalue weighted by Crippen LogP contribution is 1.86. The topological polar surface area (TPSA) is 47.3 Å². The zero-order chi connectivity index (χ0) is 8.85. The Morgan fingerprint density at radius 2 is 2.09 bits per heavy atom. The molecule has 0 atom stereocenters. The summed E-state index contributed by atoms with van der Waals surface area (Å²) in [5.74, 6) is -0.0478. The van der Waals surface area contributed by atoms with E-state index in [1.165, 1.54) is 9.80 Å². The number of nitriles is 1. The van der Waals surface area contributed by atoms with Crippen LogP contribution < -0.4 is 0 Å². The van der Waals surface area contributed by atoms with Crippen LogP contribution in [-0.4, -0.2) is 42.9 Å². The first kappa shape index (κ1) is 9.76. The maximum atomic E-state index is 11.0. The molecule has 0 aliphatic heterocycles. The Balaban J connectivity index is 3.84. The molecule has 11 heavy (non-hydrogen) atoms. The Morgan fingerprint density at radius 1 is 1.55 bits per heavy atom. The summed E-state index contributed by atoms with van der Waals surface area (Å²) in [4.78, 5) is 13.9. The van der Waals surface area contributed by atoms with Crippen molar-refractivity contribution in [3.63, 3.8) is 0 Å². The van der Waals surface area contributed by atoms with Gasteiger partial charge in [0.1, 0.15) is 6.54 Å². The van der Waals surface area contributed by atoms with Gasteiger partial charge < -0.3 is 9.80 Å². The van der Waals surface area contributed by atoms with Crippen molar-refractivity contribution in [3.05, 3.63) is 0 Å². The van der Waals surface area contributed by atoms with E-state index >= 15 is 0 Å². The summed E-state index contributed by atoms with van der Waals surface area (Å²) >= 11 is 0. The van der Waals surface area contributed by atoms with Crippen LogP contribution in [0.2, 0.25) is 0 Å². The number of nitrogens with zero attached hydrogens (tertiary/aromatic N) is 3. The Hall–Kier alpha value is -1.24. The minimum absolute atomic E-state index is 0.0478. The number of amides is 1. The van der Waals surface area contributed by atoms with Gasteiger partial charge in [-0.2, -0.15) is 5.26 Å². The van der Waals surface area contributed by atoms with Gasteiger partial charge in [0, 0.05) is 20.6 Å². The minimum Gasteiger partial charge on any atom is -0.347 e. The second kappa shape index (κ2) is 4.56. The predicted molar refractivity (Wildman–Crippen MR) is 41.6 cm³/mol. The molecule has 0 aromatic carbocycles. The van der Waals surface area contributed by atoms with E-state index in [-0.39, 0.29) is 12.5 Å². The van der Waals surface area contributed by atoms with E-state index in [2.05, 4.69) is 0 Å². The summed E-state index contributed by atoms with van der Waals surface area (Å²) in [5.41, 5.74) is 0. The Kier molecular flexibility index (Phi) is 4.04. The highest BCUT2D eigenvalue weighted by Gasteiger charge is 2.07. The fraction of sp³-hybridized carbons (Fsp3) is 0.714. The van der Waals surface area contributed by atoms with Gasteiger partial charge in [-0.05, 0) is 6.92 Å². The molecule has 0 aliphatic rings. The molecule has 0 spiro atoms. The summed E-state index contributed by atoms with van der Waals surface area (Å²) in [6.45, 7) is 2.60. The molecule has 4 heteroatoms. The van der Waals surface area contributed by atoms with E-state index in [1.807, 2.05) is 13.1 Å². The number of hydrogen-bond acceptors (Lipinski definition) is 3. The molecule has 1 amide bonds. The van der Waals surface area contributed by atoms with E-state index in [0.717, 1.165) is 0 Å². The summed E-state index contributed by atoms with van der Waals surface area (Å²) in [7, 11) is 3.35. The fourth-order valence-electron chi connectivity index (χ4n) is 0.523. The van der Waals surface area contributed by atoms with Crippen LogP contribution in [0.3, 0.4) is 0 Å². The third-order valence-electron chi connectivity index (χ3n) is 1.35. The summed E-state index contributed by atoms with van der Waals surface area (Å²) in [6.07, 6.45) is 1.92. The molecule has 0 N–H and O–H groups in total.